The van der Waals surface area contributed by atoms with E-state index in [2.05, 4.69) is 0 Å². The molecule has 6 nitrogen and oxygen atoms in total. The van der Waals surface area contributed by atoms with Crippen molar-refractivity contribution in [2.45, 2.75) is 49.8 Å². The van der Waals surface area contributed by atoms with Crippen LogP contribution in [0.25, 0.3) is 0 Å². The first-order valence-corrected chi connectivity index (χ1v) is 9.63. The Hall–Kier alpha value is -1.50. The summed E-state index contributed by atoms with van der Waals surface area (Å²) in [6, 6.07) is 2.86. The molecule has 2 atom stereocenters. The third-order valence-electron chi connectivity index (χ3n) is 5.90. The van der Waals surface area contributed by atoms with E-state index in [1.807, 2.05) is 0 Å². The zero-order valence-electron chi connectivity index (χ0n) is 14.2. The summed E-state index contributed by atoms with van der Waals surface area (Å²) in [5.41, 5.74) is 7.46. The van der Waals surface area contributed by atoms with E-state index in [4.69, 9.17) is 28.9 Å². The first kappa shape index (κ1) is 17.9. The van der Waals surface area contributed by atoms with Gasteiger partial charge in [-0.25, -0.2) is 0 Å². The lowest BCUT2D eigenvalue weighted by Gasteiger charge is -2.49. The van der Waals surface area contributed by atoms with Gasteiger partial charge in [-0.2, -0.15) is 0 Å². The number of aliphatic hydroxyl groups excluding tert-OH is 1. The summed E-state index contributed by atoms with van der Waals surface area (Å²) in [6.45, 7) is 0.612. The van der Waals surface area contributed by atoms with Crippen molar-refractivity contribution in [2.24, 2.45) is 0 Å². The number of anilines is 1. The third kappa shape index (κ3) is 2.84. The molecule has 0 spiro atoms. The van der Waals surface area contributed by atoms with Crippen molar-refractivity contribution in [3.8, 4) is 0 Å². The van der Waals surface area contributed by atoms with E-state index in [1.54, 1.807) is 21.9 Å². The van der Waals surface area contributed by atoms with E-state index >= 15 is 0 Å². The molecule has 2 amide bonds. The van der Waals surface area contributed by atoms with Crippen LogP contribution in [0.4, 0.5) is 5.69 Å². The normalized spacial score (nSPS) is 31.7. The van der Waals surface area contributed by atoms with Gasteiger partial charge in [0, 0.05) is 18.3 Å². The van der Waals surface area contributed by atoms with E-state index in [0.717, 1.165) is 5.56 Å². The van der Waals surface area contributed by atoms with Gasteiger partial charge in [-0.15, -0.1) is 0 Å². The van der Waals surface area contributed by atoms with Gasteiger partial charge < -0.3 is 20.6 Å². The fourth-order valence-electron chi connectivity index (χ4n) is 4.38. The van der Waals surface area contributed by atoms with Gasteiger partial charge in [0.05, 0.1) is 16.1 Å². The Morgan fingerprint density at radius 1 is 1.12 bits per heavy atom. The van der Waals surface area contributed by atoms with Crippen LogP contribution in [0, 0.1) is 0 Å². The molecule has 3 N–H and O–H groups in total. The number of hydrogen-bond donors (Lipinski definition) is 2. The molecule has 0 aromatic heterocycles. The van der Waals surface area contributed by atoms with Crippen molar-refractivity contribution in [3.63, 3.8) is 0 Å². The first-order valence-electron chi connectivity index (χ1n) is 8.88. The molecule has 0 radical (unpaired) electrons. The molecule has 2 heterocycles. The van der Waals surface area contributed by atoms with Crippen LogP contribution in [-0.4, -0.2) is 58.0 Å². The van der Waals surface area contributed by atoms with Crippen LogP contribution in [0.3, 0.4) is 0 Å². The number of amides is 2. The Kier molecular flexibility index (Phi) is 4.53. The quantitative estimate of drug-likeness (QED) is 0.747. The van der Waals surface area contributed by atoms with Crippen molar-refractivity contribution in [3.05, 3.63) is 27.7 Å². The molecule has 3 fully saturated rings. The van der Waals surface area contributed by atoms with E-state index in [1.165, 1.54) is 0 Å². The van der Waals surface area contributed by atoms with Gasteiger partial charge in [-0.3, -0.25) is 9.59 Å². The number of piperazine rings is 1. The molecule has 1 aromatic carbocycles. The topological polar surface area (TPSA) is 86.9 Å². The maximum atomic E-state index is 13.0. The number of carbonyl (C=O) groups excluding carboxylic acids is 2. The van der Waals surface area contributed by atoms with Crippen LogP contribution < -0.4 is 5.73 Å². The van der Waals surface area contributed by atoms with Crippen LogP contribution in [0.2, 0.25) is 10.0 Å². The zero-order chi connectivity index (χ0) is 18.6. The van der Waals surface area contributed by atoms with E-state index in [0.29, 0.717) is 48.0 Å². The van der Waals surface area contributed by atoms with Crippen molar-refractivity contribution < 1.29 is 14.7 Å². The van der Waals surface area contributed by atoms with Crippen molar-refractivity contribution in [2.75, 3.05) is 18.8 Å². The number of halogens is 2. The molecule has 3 aliphatic rings. The molecule has 2 saturated heterocycles. The number of aliphatic hydroxyl groups is 1. The molecular formula is C18H21Cl2N3O3. The minimum atomic E-state index is -0.498. The molecule has 1 saturated carbocycles. The Labute approximate surface area is 161 Å². The monoisotopic (exact) mass is 397 g/mol. The summed E-state index contributed by atoms with van der Waals surface area (Å²) >= 11 is 12.5. The second-order valence-corrected chi connectivity index (χ2v) is 8.22. The van der Waals surface area contributed by atoms with Crippen LogP contribution >= 0.6 is 23.2 Å². The average molecular weight is 398 g/mol. The van der Waals surface area contributed by atoms with Crippen LogP contribution in [0.15, 0.2) is 12.1 Å². The second-order valence-electron chi connectivity index (χ2n) is 7.43. The Morgan fingerprint density at radius 3 is 2.54 bits per heavy atom. The lowest BCUT2D eigenvalue weighted by Crippen LogP contribution is -2.65. The highest BCUT2D eigenvalue weighted by atomic mass is 35.5. The summed E-state index contributed by atoms with van der Waals surface area (Å²) in [5, 5.41) is 10.4. The molecule has 0 unspecified atom stereocenters. The smallest absolute Gasteiger partial charge is 0.246 e. The van der Waals surface area contributed by atoms with E-state index < -0.39 is 6.04 Å². The van der Waals surface area contributed by atoms with Gasteiger partial charge >= 0.3 is 0 Å². The summed E-state index contributed by atoms with van der Waals surface area (Å²) in [6.07, 6.45) is 1.90. The van der Waals surface area contributed by atoms with E-state index in [-0.39, 0.29) is 36.4 Å². The van der Waals surface area contributed by atoms with Gasteiger partial charge in [0.15, 0.2) is 0 Å². The predicted molar refractivity (Wildman–Crippen MR) is 99.1 cm³/mol. The van der Waals surface area contributed by atoms with Crippen LogP contribution in [-0.2, 0) is 9.59 Å². The van der Waals surface area contributed by atoms with Gasteiger partial charge in [0.1, 0.15) is 12.6 Å². The van der Waals surface area contributed by atoms with Crippen molar-refractivity contribution in [1.82, 2.24) is 9.80 Å². The predicted octanol–water partition coefficient (Wildman–Crippen LogP) is 2.02. The molecule has 26 heavy (non-hydrogen) atoms. The first-order chi connectivity index (χ1) is 12.4. The lowest BCUT2D eigenvalue weighted by molar-refractivity contribution is -0.164. The molecule has 1 aliphatic carbocycles. The number of hydrogen-bond acceptors (Lipinski definition) is 4. The van der Waals surface area contributed by atoms with Crippen molar-refractivity contribution in [1.29, 1.82) is 0 Å². The molecular weight excluding hydrogens is 377 g/mol. The maximum absolute atomic E-state index is 13.0. The Morgan fingerprint density at radius 2 is 1.85 bits per heavy atom. The molecule has 4 rings (SSSR count). The molecule has 1 aromatic rings. The number of fused-ring (bicyclic) bond motifs is 1. The highest BCUT2D eigenvalue weighted by Crippen LogP contribution is 2.43. The van der Waals surface area contributed by atoms with E-state index in [9.17, 15) is 14.7 Å². The number of nitrogen functional groups attached to an aromatic ring is 1. The van der Waals surface area contributed by atoms with Gasteiger partial charge in [-0.1, -0.05) is 23.2 Å². The molecule has 0 bridgehead atoms. The van der Waals surface area contributed by atoms with Crippen molar-refractivity contribution >= 4 is 40.7 Å². The summed E-state index contributed by atoms with van der Waals surface area (Å²) in [5.74, 6) is -0.0892. The number of nitrogens with zero attached hydrogens (tertiary/aromatic N) is 2. The summed E-state index contributed by atoms with van der Waals surface area (Å²) in [4.78, 5) is 28.9. The summed E-state index contributed by atoms with van der Waals surface area (Å²) in [7, 11) is 0. The summed E-state index contributed by atoms with van der Waals surface area (Å²) < 4.78 is 0. The number of rotatable bonds is 2. The van der Waals surface area contributed by atoms with Gasteiger partial charge in [0.25, 0.3) is 0 Å². The number of carbonyl (C=O) groups is 2. The maximum Gasteiger partial charge on any atom is 0.246 e. The second kappa shape index (κ2) is 6.59. The molecule has 140 valence electrons. The van der Waals surface area contributed by atoms with Crippen LogP contribution in [0.5, 0.6) is 0 Å². The minimum Gasteiger partial charge on any atom is -0.398 e. The minimum absolute atomic E-state index is 0.0221. The third-order valence-corrected chi connectivity index (χ3v) is 6.72. The lowest BCUT2D eigenvalue weighted by atomic mass is 9.81. The fraction of sp³-hybridized carbons (Fsp3) is 0.556. The number of nitrogens with two attached hydrogens (primary N) is 1. The van der Waals surface area contributed by atoms with Gasteiger partial charge in [0.2, 0.25) is 11.8 Å². The Balaban J connectivity index is 1.59. The largest absolute Gasteiger partial charge is 0.398 e. The van der Waals surface area contributed by atoms with Crippen LogP contribution in [0.1, 0.15) is 37.2 Å². The van der Waals surface area contributed by atoms with Gasteiger partial charge in [-0.05, 0) is 49.3 Å². The molecule has 2 aliphatic heterocycles. The SMILES string of the molecule is Nc1ccc(Cl)c(Cl)c1[C@H]1CCN2C(=O)CN([C@H]3C[C@@H](O)C3)C(=O)[C@H]2C1. The zero-order valence-corrected chi connectivity index (χ0v) is 15.7. The highest BCUT2D eigenvalue weighted by Gasteiger charge is 2.47. The number of piperidine rings is 1. The fourth-order valence-corrected chi connectivity index (χ4v) is 4.88. The number of benzene rings is 1. The highest BCUT2D eigenvalue weighted by molar-refractivity contribution is 6.42. The molecule has 8 heteroatoms. The standard InChI is InChI=1S/C18H21Cl2N3O3/c19-12-1-2-13(21)16(17(12)20)9-3-4-22-14(5-9)18(26)23(8-15(22)25)10-6-11(24)7-10/h1-2,9-11,14,24H,3-8,21H2/t9-,10-,11+,14+/m0/s1. The Bertz CT molecular complexity index is 766. The average Bonchev–Trinajstić information content (AvgIpc) is 2.59.